The maximum absolute atomic E-state index is 15.3. The molecule has 0 aliphatic heterocycles. The number of thiazole rings is 1. The van der Waals surface area contributed by atoms with E-state index >= 15 is 4.39 Å². The number of anilines is 1. The first-order valence-corrected chi connectivity index (χ1v) is 16.0. The molecule has 0 spiro atoms. The number of nitrogens with zero attached hydrogens (tertiary/aromatic N) is 6. The molecule has 0 saturated heterocycles. The van der Waals surface area contributed by atoms with Crippen LogP contribution in [0.2, 0.25) is 0 Å². The number of aryl methyl sites for hydroxylation is 1. The van der Waals surface area contributed by atoms with Crippen molar-refractivity contribution in [2.24, 2.45) is 0 Å². The van der Waals surface area contributed by atoms with E-state index in [2.05, 4.69) is 16.2 Å². The molecule has 2 unspecified atom stereocenters. The van der Waals surface area contributed by atoms with Gasteiger partial charge in [-0.25, -0.2) is 23.1 Å². The molecule has 0 saturated carbocycles. The highest BCUT2D eigenvalue weighted by atomic mass is 32.1. The van der Waals surface area contributed by atoms with Gasteiger partial charge in [0.05, 0.1) is 34.6 Å². The van der Waals surface area contributed by atoms with E-state index in [0.29, 0.717) is 22.0 Å². The number of carbonyl (C=O) groups excluding carboxylic acids is 2. The minimum absolute atomic E-state index is 0.0364. The summed E-state index contributed by atoms with van der Waals surface area (Å²) in [6, 6.07) is 19.0. The minimum atomic E-state index is -2.02. The Bertz CT molecular complexity index is 1990. The van der Waals surface area contributed by atoms with Gasteiger partial charge in [-0.3, -0.25) is 9.69 Å². The lowest BCUT2D eigenvalue weighted by Crippen LogP contribution is -2.41. The maximum atomic E-state index is 15.3. The smallest absolute Gasteiger partial charge is 0.417 e. The lowest BCUT2D eigenvalue weighted by Gasteiger charge is -2.32. The van der Waals surface area contributed by atoms with Crippen LogP contribution in [0.1, 0.15) is 41.5 Å². The van der Waals surface area contributed by atoms with E-state index in [9.17, 15) is 19.1 Å². The Balaban J connectivity index is 1.36. The topological polar surface area (TPSA) is 134 Å². The van der Waals surface area contributed by atoms with Crippen LogP contribution in [0.3, 0.4) is 0 Å². The summed E-state index contributed by atoms with van der Waals surface area (Å²) in [7, 11) is 0. The number of aliphatic hydroxyl groups is 1. The molecule has 0 aliphatic rings. The Kier molecular flexibility index (Phi) is 10.8. The van der Waals surface area contributed by atoms with Crippen molar-refractivity contribution in [1.29, 1.82) is 5.26 Å². The summed E-state index contributed by atoms with van der Waals surface area (Å²) < 4.78 is 43.1. The molecule has 3 aromatic carbocycles. The number of hydrogen-bond donors (Lipinski definition) is 1. The average Bonchev–Trinajstić information content (AvgIpc) is 3.77. The van der Waals surface area contributed by atoms with Crippen LogP contribution in [-0.4, -0.2) is 45.1 Å². The van der Waals surface area contributed by atoms with Gasteiger partial charge in [-0.1, -0.05) is 37.3 Å². The Morgan fingerprint density at radius 2 is 1.90 bits per heavy atom. The number of ether oxygens (including phenoxy) is 2. The van der Waals surface area contributed by atoms with E-state index < -0.39 is 35.2 Å². The summed E-state index contributed by atoms with van der Waals surface area (Å²) in [6.45, 7) is 4.23. The van der Waals surface area contributed by atoms with Gasteiger partial charge in [0.1, 0.15) is 30.4 Å². The third kappa shape index (κ3) is 8.14. The molecule has 0 fully saturated rings. The summed E-state index contributed by atoms with van der Waals surface area (Å²) >= 11 is 1.25. The zero-order chi connectivity index (χ0) is 35.1. The predicted octanol–water partition coefficient (Wildman–Crippen LogP) is 5.61. The van der Waals surface area contributed by atoms with Crippen LogP contribution >= 0.6 is 11.3 Å². The highest BCUT2D eigenvalue weighted by Gasteiger charge is 2.43. The standard InChI is InChI=1S/C35H33F2N6O5S/c1-23-6-4-5-7-32(23)43(14-15-47-25(3)44)34(45)48-22-41-20-39-42(21-41)19-35(46,29-16-28(36)12-13-30(29)37)24(2)33-40-31(18-49-33)27-10-8-26(17-38)9-11-27/h4-13,16,18,20-21,24,46H,14-15,19,22H2,1-3H3/q+1. The van der Waals surface area contributed by atoms with Crippen molar-refractivity contribution in [3.05, 3.63) is 118 Å². The number of rotatable bonds is 12. The molecular formula is C35H33F2N6O5S+. The van der Waals surface area contributed by atoms with Gasteiger partial charge in [0, 0.05) is 34.4 Å². The fourth-order valence-corrected chi connectivity index (χ4v) is 6.22. The summed E-state index contributed by atoms with van der Waals surface area (Å²) in [5.41, 5.74) is 0.952. The first-order valence-electron chi connectivity index (χ1n) is 15.2. The van der Waals surface area contributed by atoms with E-state index in [4.69, 9.17) is 14.7 Å². The summed E-state index contributed by atoms with van der Waals surface area (Å²) in [5, 5.41) is 27.9. The highest BCUT2D eigenvalue weighted by Crippen LogP contribution is 2.41. The molecule has 0 bridgehead atoms. The van der Waals surface area contributed by atoms with Gasteiger partial charge in [0.25, 0.3) is 6.33 Å². The molecule has 1 N–H and O–H groups in total. The zero-order valence-corrected chi connectivity index (χ0v) is 27.7. The lowest BCUT2D eigenvalue weighted by molar-refractivity contribution is -0.727. The second kappa shape index (κ2) is 15.1. The molecule has 2 aromatic heterocycles. The second-order valence-electron chi connectivity index (χ2n) is 11.3. The van der Waals surface area contributed by atoms with E-state index in [0.717, 1.165) is 29.3 Å². The van der Waals surface area contributed by atoms with Gasteiger partial charge in [-0.05, 0) is 48.9 Å². The summed E-state index contributed by atoms with van der Waals surface area (Å²) in [4.78, 5) is 30.5. The van der Waals surface area contributed by atoms with Gasteiger partial charge in [0.15, 0.2) is 0 Å². The van der Waals surface area contributed by atoms with Crippen molar-refractivity contribution in [3.63, 3.8) is 0 Å². The Morgan fingerprint density at radius 1 is 1.14 bits per heavy atom. The number of hydrogen-bond acceptors (Lipinski definition) is 9. The molecular weight excluding hydrogens is 654 g/mol. The molecule has 5 aromatic rings. The number of aromatic nitrogens is 4. The van der Waals surface area contributed by atoms with Crippen molar-refractivity contribution in [1.82, 2.24) is 14.8 Å². The van der Waals surface area contributed by atoms with Gasteiger partial charge in [0.2, 0.25) is 13.1 Å². The van der Waals surface area contributed by atoms with Gasteiger partial charge in [-0.2, -0.15) is 5.26 Å². The van der Waals surface area contributed by atoms with E-state index in [-0.39, 0.29) is 32.0 Å². The van der Waals surface area contributed by atoms with Crippen molar-refractivity contribution in [2.75, 3.05) is 18.1 Å². The first kappa shape index (κ1) is 34.8. The Morgan fingerprint density at radius 3 is 2.61 bits per heavy atom. The molecule has 14 heteroatoms. The largest absolute Gasteiger partial charge is 0.464 e. The number of amides is 1. The number of halogens is 2. The van der Waals surface area contributed by atoms with E-state index in [1.54, 1.807) is 48.7 Å². The third-order valence-corrected chi connectivity index (χ3v) is 8.96. The molecule has 0 radical (unpaired) electrons. The molecule has 1 amide bonds. The monoisotopic (exact) mass is 687 g/mol. The van der Waals surface area contributed by atoms with Crippen LogP contribution in [0, 0.1) is 29.9 Å². The van der Waals surface area contributed by atoms with Crippen molar-refractivity contribution in [2.45, 2.75) is 45.6 Å². The summed E-state index contributed by atoms with van der Waals surface area (Å²) in [6.07, 6.45) is 2.13. The number of carbonyl (C=O) groups is 2. The van der Waals surface area contributed by atoms with Crippen LogP contribution in [0.4, 0.5) is 19.3 Å². The number of esters is 1. The second-order valence-corrected chi connectivity index (χ2v) is 12.2. The number of benzene rings is 3. The Hall–Kier alpha value is -5.52. The van der Waals surface area contributed by atoms with Crippen molar-refractivity contribution in [3.8, 4) is 17.3 Å². The Labute approximate surface area is 285 Å². The third-order valence-electron chi connectivity index (χ3n) is 7.93. The SMILES string of the molecule is CC(=O)OCCN(C(=O)OC[n+]1cnn(CC(O)(c2cc(F)ccc2F)C(C)c2nc(-c3ccc(C#N)cc3)cs2)c1)c1ccccc1C. The van der Waals surface area contributed by atoms with Crippen LogP contribution in [-0.2, 0) is 33.1 Å². The minimum Gasteiger partial charge on any atom is -0.464 e. The first-order chi connectivity index (χ1) is 23.5. The van der Waals surface area contributed by atoms with Gasteiger partial charge >= 0.3 is 12.1 Å². The molecule has 49 heavy (non-hydrogen) atoms. The average molecular weight is 688 g/mol. The van der Waals surface area contributed by atoms with Crippen LogP contribution in [0.5, 0.6) is 0 Å². The van der Waals surface area contributed by atoms with Crippen LogP contribution in [0.15, 0.2) is 84.8 Å². The van der Waals surface area contributed by atoms with Crippen LogP contribution < -0.4 is 9.47 Å². The van der Waals surface area contributed by atoms with Crippen molar-refractivity contribution >= 4 is 29.1 Å². The molecule has 2 atom stereocenters. The predicted molar refractivity (Wildman–Crippen MR) is 175 cm³/mol. The van der Waals surface area contributed by atoms with Gasteiger partial charge < -0.3 is 14.6 Å². The normalized spacial score (nSPS) is 12.8. The molecule has 2 heterocycles. The zero-order valence-electron chi connectivity index (χ0n) is 26.9. The highest BCUT2D eigenvalue weighted by molar-refractivity contribution is 7.10. The maximum Gasteiger partial charge on any atom is 0.417 e. The van der Waals surface area contributed by atoms with Crippen molar-refractivity contribution < 1.29 is 37.5 Å². The number of para-hydroxylation sites is 1. The molecule has 11 nitrogen and oxygen atoms in total. The van der Waals surface area contributed by atoms with E-state index in [1.165, 1.54) is 45.1 Å². The fourth-order valence-electron chi connectivity index (χ4n) is 5.25. The molecule has 0 aliphatic carbocycles. The lowest BCUT2D eigenvalue weighted by atomic mass is 9.82. The summed E-state index contributed by atoms with van der Waals surface area (Å²) in [5.74, 6) is -2.85. The number of nitriles is 1. The quantitative estimate of drug-likeness (QED) is 0.132. The molecule has 5 rings (SSSR count). The molecule has 252 valence electrons. The van der Waals surface area contributed by atoms with E-state index in [1.807, 2.05) is 19.1 Å². The van der Waals surface area contributed by atoms with Gasteiger partial charge in [-0.15, -0.1) is 16.0 Å². The van der Waals surface area contributed by atoms with Crippen LogP contribution in [0.25, 0.3) is 11.3 Å². The fraction of sp³-hybridized carbons (Fsp3) is 0.257.